The quantitative estimate of drug-likeness (QED) is 0.0297. The molecule has 7 aromatic carbocycles. The summed E-state index contributed by atoms with van der Waals surface area (Å²) in [5.41, 5.74) is 11.2. The zero-order valence-corrected chi connectivity index (χ0v) is 78.9. The lowest BCUT2D eigenvalue weighted by Gasteiger charge is -2.30. The zero-order chi connectivity index (χ0) is 86.8. The Bertz CT molecular complexity index is 5730. The highest BCUT2D eigenvalue weighted by Crippen LogP contribution is 2.86. The molecule has 0 radical (unpaired) electrons. The van der Waals surface area contributed by atoms with Crippen LogP contribution in [0.2, 0.25) is 0 Å². The molecule has 7 N–H and O–H groups in total. The minimum Gasteiger partial charge on any atom is -0.444 e. The van der Waals surface area contributed by atoms with Crippen molar-refractivity contribution < 1.29 is 72.2 Å². The lowest BCUT2D eigenvalue weighted by molar-refractivity contribution is -0.121. The molecule has 4 unspecified atom stereocenters. The lowest BCUT2D eigenvalue weighted by atomic mass is 10.0. The third kappa shape index (κ3) is 25.0. The van der Waals surface area contributed by atoms with Crippen molar-refractivity contribution in [2.24, 2.45) is 5.84 Å². The summed E-state index contributed by atoms with van der Waals surface area (Å²) in [7, 11) is 3.27. The number of piperidine rings is 1. The van der Waals surface area contributed by atoms with E-state index in [-0.39, 0.29) is 115 Å². The van der Waals surface area contributed by atoms with Gasteiger partial charge in [-0.2, -0.15) is 0 Å². The number of halogens is 7. The van der Waals surface area contributed by atoms with E-state index < -0.39 is 54.6 Å². The van der Waals surface area contributed by atoms with Crippen molar-refractivity contribution in [3.63, 3.8) is 0 Å². The number of nitrogens with zero attached hydrogens (tertiary/aromatic N) is 5. The molecule has 4 aromatic heterocycles. The monoisotopic (exact) mass is 1860 g/mol. The second-order valence-electron chi connectivity index (χ2n) is 31.8. The summed E-state index contributed by atoms with van der Waals surface area (Å²) in [6.45, 7) is 26.0. The van der Waals surface area contributed by atoms with E-state index in [1.807, 2.05) is 67.5 Å². The molecule has 1 saturated heterocycles. The van der Waals surface area contributed by atoms with Gasteiger partial charge in [0.15, 0.2) is 0 Å². The summed E-state index contributed by atoms with van der Waals surface area (Å²) in [6.07, 6.45) is 2.27. The number of benzene rings is 7. The number of anilines is 1. The van der Waals surface area contributed by atoms with Crippen LogP contribution in [0.25, 0.3) is 43.6 Å². The van der Waals surface area contributed by atoms with Gasteiger partial charge < -0.3 is 54.9 Å². The second kappa shape index (κ2) is 42.5. The summed E-state index contributed by atoms with van der Waals surface area (Å²) in [5.74, 6) is 3.30. The summed E-state index contributed by atoms with van der Waals surface area (Å²) in [4.78, 5) is 58.6. The van der Waals surface area contributed by atoms with Gasteiger partial charge in [-0.05, 0) is 162 Å². The first-order valence-electron chi connectivity index (χ1n) is 38.6. The van der Waals surface area contributed by atoms with Crippen LogP contribution in [0.5, 0.6) is 0 Å². The Hall–Kier alpha value is -7.43. The van der Waals surface area contributed by atoms with E-state index in [1.54, 1.807) is 122 Å². The highest BCUT2D eigenvalue weighted by atomic mass is 35.5. The number of aryl methyl sites for hydroxylation is 2. The van der Waals surface area contributed by atoms with E-state index in [2.05, 4.69) is 61.7 Å². The largest absolute Gasteiger partial charge is 0.444 e. The number of Topliss-reactive ketones (excluding diaryl/α,β-unsaturated/α-hetero) is 1. The molecule has 0 aliphatic carbocycles. The molecule has 37 heteroatoms. The number of aromatic nitrogens is 4. The third-order valence-corrected chi connectivity index (χ3v) is 44.3. The highest BCUT2D eigenvalue weighted by Gasteiger charge is 2.36. The maximum atomic E-state index is 14.9. The molecule has 9 heterocycles. The van der Waals surface area contributed by atoms with Crippen molar-refractivity contribution in [1.82, 2.24) is 43.2 Å². The van der Waals surface area contributed by atoms with Crippen LogP contribution in [0.4, 0.5) is 42.0 Å². The fourth-order valence-electron chi connectivity index (χ4n) is 13.9. The first-order chi connectivity index (χ1) is 56.1. The van der Waals surface area contributed by atoms with Gasteiger partial charge in [-0.25, -0.2) is 61.1 Å². The number of hydrazine groups is 1. The Balaban J connectivity index is 0.000000184. The standard InChI is InChI=1S/C23H25FN2O4S.C18H17FN2O2S.C16H19FN2O2.C11H11FN2.C10H17NO3.C6H7FN2.2ClH.H8P6/c1-15-8-10-16(11-9-15)31(28,29)26-20-12-13-25(22(27)30-23(2,3)4)14-18(20)17-6-5-7-19(24)21(17)26;1-12-5-7-13(8-6-12)24(22,23)21-17-9-10-20-11-15(17)14-3-2-4-16(19)18(14)21;1-16(2,3)21-15(20)19-8-7-13-11(9-19)10-5-4-6-12(17)14(10)18-13;12-9-3-1-2-7-8-6-13-5-4-10(8)14-11(7)9;1-10(2,3)14-9(13)11-6-4-8(12)5-7-11;7-5-3-1-2-4-6(5)9-8;;;1-5(2)6(3)4/h5-11H,12-14H2,1-4H3;2-8,20H,9-11H2,1H3;4-6,18H,7-9H2,1-3H3;1-3,13-14H,4-6H2;4-7H2,1-3H3;1-4,9H,8H2;2*1H;1-4H2. The molecule has 11 aromatic rings. The van der Waals surface area contributed by atoms with Crippen molar-refractivity contribution in [3.05, 3.63) is 231 Å². The first-order valence-corrected chi connectivity index (χ1v) is 51.3. The molecule has 4 atom stereocenters. The SMILES string of the molecule is CC(C)(C)OC(=O)N1CCC(=O)CC1.CC(C)(C)OC(=O)N1CCc2[nH]c3c(F)cccc3c2C1.Cc1ccc(S(=O)(=O)n2c3c(c4cccc(F)c42)CN(C(=O)OC(C)(C)C)CC3)cc1.Cc1ccc(S(=O)(=O)n2c3c(c4cccc(F)c42)CNCC3)cc1.Cl.Cl.Fc1cccc2c3c([nH]c12)CCNC3.NNc1ccccc1F.PP(P)P(P)P. The average Bonchev–Trinajstić information content (AvgIpc) is 1.55. The van der Waals surface area contributed by atoms with Gasteiger partial charge in [0.2, 0.25) is 0 Å². The van der Waals surface area contributed by atoms with E-state index in [1.165, 1.54) is 62.6 Å². The molecule has 5 aliphatic heterocycles. The fourth-order valence-corrected chi connectivity index (χ4v) is 17.1. The molecule has 22 nitrogen and oxygen atoms in total. The fraction of sp³-hybridized carbons (Fsp3) is 0.357. The van der Waals surface area contributed by atoms with Crippen molar-refractivity contribution in [2.45, 2.75) is 167 Å². The second-order valence-corrected chi connectivity index (χ2v) is 55.2. The minimum absolute atomic E-state index is 0. The number of carbonyl (C=O) groups is 4. The van der Waals surface area contributed by atoms with Gasteiger partial charge >= 0.3 is 18.3 Å². The van der Waals surface area contributed by atoms with E-state index in [0.29, 0.717) is 109 Å². The molecule has 654 valence electrons. The number of nitrogen functional groups attached to an aromatic ring is 1. The number of para-hydroxylation sites is 5. The van der Waals surface area contributed by atoms with E-state index in [4.69, 9.17) is 20.1 Å². The van der Waals surface area contributed by atoms with Gasteiger partial charge in [0.25, 0.3) is 20.0 Å². The molecular formula is C84H106Cl2F5N11O11P6S2. The number of amides is 3. The van der Waals surface area contributed by atoms with Crippen LogP contribution in [0.15, 0.2) is 155 Å². The van der Waals surface area contributed by atoms with Crippen LogP contribution in [0.3, 0.4) is 0 Å². The van der Waals surface area contributed by atoms with Gasteiger partial charge in [-0.15, -0.1) is 60.5 Å². The van der Waals surface area contributed by atoms with Gasteiger partial charge in [-0.3, -0.25) is 10.6 Å². The molecule has 3 amide bonds. The Morgan fingerprint density at radius 1 is 0.438 bits per heavy atom. The number of hydrogen-bond acceptors (Lipinski definition) is 15. The normalized spacial score (nSPS) is 14.4. The van der Waals surface area contributed by atoms with Crippen LogP contribution in [0, 0.1) is 42.9 Å². The number of nitrogens with two attached hydrogens (primary N) is 1. The van der Waals surface area contributed by atoms with Crippen LogP contribution >= 0.6 is 74.5 Å². The summed E-state index contributed by atoms with van der Waals surface area (Å²) >= 11 is 0. The minimum atomic E-state index is -4.03. The number of hydrogen-bond donors (Lipinski definition) is 6. The molecule has 0 spiro atoms. The number of ether oxygens (including phenoxy) is 3. The Morgan fingerprint density at radius 3 is 1.24 bits per heavy atom. The van der Waals surface area contributed by atoms with Crippen LogP contribution in [-0.2, 0) is 90.9 Å². The topological polar surface area (TPSA) is 278 Å². The maximum absolute atomic E-state index is 14.9. The number of rotatable bonds is 6. The highest BCUT2D eigenvalue weighted by molar-refractivity contribution is 8.92. The maximum Gasteiger partial charge on any atom is 0.410 e. The van der Waals surface area contributed by atoms with Crippen molar-refractivity contribution in [2.75, 3.05) is 44.7 Å². The molecule has 0 saturated carbocycles. The summed E-state index contributed by atoms with van der Waals surface area (Å²) in [5, 5.41) is 9.54. The summed E-state index contributed by atoms with van der Waals surface area (Å²) in [6, 6.07) is 38.8. The molecule has 5 aliphatic rings. The Morgan fingerprint density at radius 2 is 0.802 bits per heavy atom. The van der Waals surface area contributed by atoms with Crippen molar-refractivity contribution in [1.29, 1.82) is 0 Å². The number of ketones is 1. The number of fused-ring (bicyclic) bond motifs is 12. The van der Waals surface area contributed by atoms with Crippen LogP contribution in [-0.4, -0.2) is 130 Å². The van der Waals surface area contributed by atoms with Gasteiger partial charge in [0.05, 0.1) is 39.6 Å². The average molecular weight is 1860 g/mol. The van der Waals surface area contributed by atoms with Crippen molar-refractivity contribution >= 4 is 168 Å². The van der Waals surface area contributed by atoms with Crippen LogP contribution in [0.1, 0.15) is 131 Å². The van der Waals surface area contributed by atoms with E-state index in [0.717, 1.165) is 62.2 Å². The number of aromatic amines is 2. The van der Waals surface area contributed by atoms with Crippen molar-refractivity contribution in [3.8, 4) is 0 Å². The first kappa shape index (κ1) is 99.0. The number of nitrogens with one attached hydrogen (secondary N) is 5. The zero-order valence-electron chi connectivity index (χ0n) is 69.2. The molecular weight excluding hydrogens is 1750 g/mol. The Kier molecular flexibility index (Phi) is 34.8. The van der Waals surface area contributed by atoms with Gasteiger partial charge in [0.1, 0.15) is 62.7 Å². The van der Waals surface area contributed by atoms with Crippen LogP contribution < -0.4 is 21.9 Å². The predicted octanol–water partition coefficient (Wildman–Crippen LogP) is 19.7. The van der Waals surface area contributed by atoms with Gasteiger partial charge in [-0.1, -0.05) is 96.1 Å². The molecule has 121 heavy (non-hydrogen) atoms. The Labute approximate surface area is 727 Å². The van der Waals surface area contributed by atoms with Gasteiger partial charge in [0, 0.05) is 146 Å². The molecule has 0 bridgehead atoms. The molecule has 1 fully saturated rings. The van der Waals surface area contributed by atoms with E-state index >= 15 is 0 Å². The lowest BCUT2D eigenvalue weighted by Crippen LogP contribution is -2.41. The number of carbonyl (C=O) groups excluding carboxylic acids is 4. The number of likely N-dealkylation sites (tertiary alicyclic amines) is 1. The predicted molar refractivity (Wildman–Crippen MR) is 493 cm³/mol. The third-order valence-electron chi connectivity index (χ3n) is 19.5. The smallest absolute Gasteiger partial charge is 0.410 e. The number of H-pyrrole nitrogens is 2. The molecule has 16 rings (SSSR count). The summed E-state index contributed by atoms with van der Waals surface area (Å²) < 4.78 is 141. The van der Waals surface area contributed by atoms with E-state index in [9.17, 15) is 58.0 Å².